The molecule has 1 heterocycles. The lowest BCUT2D eigenvalue weighted by Gasteiger charge is -2.20. The van der Waals surface area contributed by atoms with Crippen molar-refractivity contribution >= 4 is 21.5 Å². The summed E-state index contributed by atoms with van der Waals surface area (Å²) in [5, 5.41) is 1.66. The minimum absolute atomic E-state index is 0.0533. The van der Waals surface area contributed by atoms with Crippen LogP contribution in [0.4, 0.5) is 5.69 Å². The molecule has 8 heteroatoms. The largest absolute Gasteiger partial charge is 0.497 e. The fraction of sp³-hybridized carbons (Fsp3) is 0.294. The van der Waals surface area contributed by atoms with Gasteiger partial charge in [-0.05, 0) is 37.3 Å². The van der Waals surface area contributed by atoms with Crippen molar-refractivity contribution in [2.24, 2.45) is 0 Å². The van der Waals surface area contributed by atoms with E-state index in [1.54, 1.807) is 37.4 Å². The molecule has 2 rings (SSSR count). The average molecular weight is 364 g/mol. The van der Waals surface area contributed by atoms with Gasteiger partial charge in [0.15, 0.2) is 9.84 Å². The number of carbonyl (C=O) groups excluding carboxylic acids is 1. The maximum absolute atomic E-state index is 13.0. The summed E-state index contributed by atoms with van der Waals surface area (Å²) in [4.78, 5) is 15.9. The zero-order chi connectivity index (χ0) is 18.3. The van der Waals surface area contributed by atoms with Crippen LogP contribution in [-0.2, 0) is 19.4 Å². The van der Waals surface area contributed by atoms with Crippen LogP contribution in [0.3, 0.4) is 0 Å². The number of hydrogen-bond acceptors (Lipinski definition) is 7. The number of carbonyl (C=O) groups is 1. The summed E-state index contributed by atoms with van der Waals surface area (Å²) in [7, 11) is -2.41. The number of hydrogen-bond donors (Lipinski definition) is 1. The zero-order valence-electron chi connectivity index (χ0n) is 14.0. The smallest absolute Gasteiger partial charge is 0.308 e. The lowest BCUT2D eigenvalue weighted by Crippen LogP contribution is -2.33. The summed E-state index contributed by atoms with van der Waals surface area (Å²) in [6.45, 7) is 1.84. The van der Waals surface area contributed by atoms with Gasteiger partial charge in [-0.2, -0.15) is 0 Å². The molecule has 0 saturated heterocycles. The first-order chi connectivity index (χ1) is 12.0. The highest BCUT2D eigenvalue weighted by atomic mass is 32.2. The Morgan fingerprint density at radius 3 is 2.72 bits per heavy atom. The van der Waals surface area contributed by atoms with Gasteiger partial charge in [0.05, 0.1) is 30.7 Å². The molecule has 0 saturated carbocycles. The lowest BCUT2D eigenvalue weighted by molar-refractivity contribution is -0.143. The molecule has 25 heavy (non-hydrogen) atoms. The highest BCUT2D eigenvalue weighted by Crippen LogP contribution is 2.24. The van der Waals surface area contributed by atoms with E-state index in [9.17, 15) is 13.2 Å². The summed E-state index contributed by atoms with van der Waals surface area (Å²) in [5.41, 5.74) is 0.489. The van der Waals surface area contributed by atoms with Crippen LogP contribution >= 0.6 is 0 Å². The summed E-state index contributed by atoms with van der Waals surface area (Å²) in [5.74, 6) is -0.187. The molecule has 0 fully saturated rings. The van der Waals surface area contributed by atoms with E-state index in [1.165, 1.54) is 25.4 Å². The molecule has 0 aliphatic heterocycles. The SMILES string of the molecule is CCOC(=O)CC(Nc1cccnc1)S(=O)(=O)c1cccc(OC)c1. The van der Waals surface area contributed by atoms with Crippen LogP contribution in [0.15, 0.2) is 53.7 Å². The number of benzene rings is 1. The van der Waals surface area contributed by atoms with Crippen molar-refractivity contribution in [2.45, 2.75) is 23.6 Å². The van der Waals surface area contributed by atoms with Gasteiger partial charge in [0, 0.05) is 12.4 Å². The predicted molar refractivity (Wildman–Crippen MR) is 93.1 cm³/mol. The van der Waals surface area contributed by atoms with Gasteiger partial charge in [-0.1, -0.05) is 6.07 Å². The molecule has 0 spiro atoms. The molecule has 2 aromatic rings. The number of nitrogens with one attached hydrogen (secondary N) is 1. The summed E-state index contributed by atoms with van der Waals surface area (Å²) in [6, 6.07) is 9.44. The molecule has 1 aromatic carbocycles. The zero-order valence-corrected chi connectivity index (χ0v) is 14.8. The van der Waals surface area contributed by atoms with Gasteiger partial charge < -0.3 is 14.8 Å². The van der Waals surface area contributed by atoms with Crippen molar-refractivity contribution in [1.82, 2.24) is 4.98 Å². The molecule has 0 radical (unpaired) electrons. The van der Waals surface area contributed by atoms with E-state index in [0.29, 0.717) is 11.4 Å². The molecule has 1 unspecified atom stereocenters. The number of ether oxygens (including phenoxy) is 2. The van der Waals surface area contributed by atoms with E-state index in [4.69, 9.17) is 9.47 Å². The van der Waals surface area contributed by atoms with Crippen LogP contribution in [0.25, 0.3) is 0 Å². The second-order valence-electron chi connectivity index (χ2n) is 5.11. The number of nitrogens with zero attached hydrogens (tertiary/aromatic N) is 1. The molecule has 134 valence electrons. The molecular formula is C17H20N2O5S. The first-order valence-electron chi connectivity index (χ1n) is 7.67. The minimum atomic E-state index is -3.86. The third-order valence-corrected chi connectivity index (χ3v) is 5.34. The van der Waals surface area contributed by atoms with Crippen molar-refractivity contribution in [2.75, 3.05) is 19.0 Å². The molecule has 1 atom stereocenters. The van der Waals surface area contributed by atoms with Crippen LogP contribution < -0.4 is 10.1 Å². The van der Waals surface area contributed by atoms with Gasteiger partial charge in [-0.3, -0.25) is 9.78 Å². The maximum atomic E-state index is 13.0. The fourth-order valence-electron chi connectivity index (χ4n) is 2.19. The number of aromatic nitrogens is 1. The van der Waals surface area contributed by atoms with Crippen LogP contribution in [-0.4, -0.2) is 38.5 Å². The number of sulfone groups is 1. The van der Waals surface area contributed by atoms with E-state index >= 15 is 0 Å². The second-order valence-corrected chi connectivity index (χ2v) is 7.24. The Morgan fingerprint density at radius 1 is 1.28 bits per heavy atom. The van der Waals surface area contributed by atoms with Crippen LogP contribution in [0.5, 0.6) is 5.75 Å². The number of rotatable bonds is 8. The van der Waals surface area contributed by atoms with Crippen molar-refractivity contribution in [3.05, 3.63) is 48.8 Å². The Labute approximate surface area is 146 Å². The Balaban J connectivity index is 2.36. The Bertz CT molecular complexity index is 809. The van der Waals surface area contributed by atoms with Gasteiger partial charge in [0.2, 0.25) is 0 Å². The standard InChI is InChI=1S/C17H20N2O5S/c1-3-24-17(20)11-16(19-13-6-5-9-18-12-13)25(21,22)15-8-4-7-14(10-15)23-2/h4-10,12,16,19H,3,11H2,1-2H3. The van der Waals surface area contributed by atoms with Crippen molar-refractivity contribution in [3.8, 4) is 5.75 Å². The molecule has 1 N–H and O–H groups in total. The molecule has 0 amide bonds. The lowest BCUT2D eigenvalue weighted by atomic mass is 10.3. The number of pyridine rings is 1. The number of methoxy groups -OCH3 is 1. The first kappa shape index (κ1) is 18.7. The second kappa shape index (κ2) is 8.48. The van der Waals surface area contributed by atoms with Crippen molar-refractivity contribution in [3.63, 3.8) is 0 Å². The highest BCUT2D eigenvalue weighted by Gasteiger charge is 2.30. The first-order valence-corrected chi connectivity index (χ1v) is 9.22. The van der Waals surface area contributed by atoms with Gasteiger partial charge >= 0.3 is 5.97 Å². The summed E-state index contributed by atoms with van der Waals surface area (Å²) < 4.78 is 36.0. The van der Waals surface area contributed by atoms with E-state index in [0.717, 1.165) is 0 Å². The molecule has 0 aliphatic carbocycles. The normalized spacial score (nSPS) is 12.2. The molecule has 1 aromatic heterocycles. The van der Waals surface area contributed by atoms with Crippen LogP contribution in [0, 0.1) is 0 Å². The summed E-state index contributed by atoms with van der Waals surface area (Å²) >= 11 is 0. The van der Waals surface area contributed by atoms with Crippen molar-refractivity contribution in [1.29, 1.82) is 0 Å². The average Bonchev–Trinajstić information content (AvgIpc) is 2.62. The van der Waals surface area contributed by atoms with Crippen LogP contribution in [0.1, 0.15) is 13.3 Å². The number of esters is 1. The quantitative estimate of drug-likeness (QED) is 0.718. The van der Waals surface area contributed by atoms with Crippen molar-refractivity contribution < 1.29 is 22.7 Å². The van der Waals surface area contributed by atoms with E-state index in [-0.39, 0.29) is 17.9 Å². The van der Waals surface area contributed by atoms with Gasteiger partial charge in [-0.15, -0.1) is 0 Å². The fourth-order valence-corrected chi connectivity index (χ4v) is 3.71. The van der Waals surface area contributed by atoms with E-state index < -0.39 is 21.2 Å². The Kier molecular flexibility index (Phi) is 6.35. The number of anilines is 1. The van der Waals surface area contributed by atoms with E-state index in [2.05, 4.69) is 10.3 Å². The molecule has 0 bridgehead atoms. The minimum Gasteiger partial charge on any atom is -0.497 e. The highest BCUT2D eigenvalue weighted by molar-refractivity contribution is 7.92. The topological polar surface area (TPSA) is 94.6 Å². The molecule has 7 nitrogen and oxygen atoms in total. The maximum Gasteiger partial charge on any atom is 0.308 e. The van der Waals surface area contributed by atoms with Crippen LogP contribution in [0.2, 0.25) is 0 Å². The third kappa shape index (κ3) is 4.93. The summed E-state index contributed by atoms with van der Waals surface area (Å²) in [6.07, 6.45) is 2.73. The third-order valence-electron chi connectivity index (χ3n) is 3.39. The Morgan fingerprint density at radius 2 is 2.08 bits per heavy atom. The predicted octanol–water partition coefficient (Wildman–Crippen LogP) is 2.26. The monoisotopic (exact) mass is 364 g/mol. The molecule has 0 aliphatic rings. The van der Waals surface area contributed by atoms with E-state index in [1.807, 2.05) is 0 Å². The van der Waals surface area contributed by atoms with Gasteiger partial charge in [0.1, 0.15) is 11.1 Å². The Hall–Kier alpha value is -2.61. The van der Waals surface area contributed by atoms with Gasteiger partial charge in [0.25, 0.3) is 0 Å². The molecular weight excluding hydrogens is 344 g/mol. The van der Waals surface area contributed by atoms with Gasteiger partial charge in [-0.25, -0.2) is 8.42 Å².